The first-order valence-corrected chi connectivity index (χ1v) is 12.0. The number of rotatable bonds is 2. The third kappa shape index (κ3) is 8.65. The molecule has 1 aliphatic heterocycles. The van der Waals surface area contributed by atoms with Gasteiger partial charge in [-0.1, -0.05) is 57.5 Å². The molecular formula is C20H34BrFN4O2S. The molecule has 0 saturated heterocycles. The molecule has 1 heterocycles. The van der Waals surface area contributed by atoms with E-state index in [9.17, 15) is 12.8 Å². The lowest BCUT2D eigenvalue weighted by Gasteiger charge is -2.17. The maximum atomic E-state index is 14.1. The molecule has 1 aliphatic rings. The highest BCUT2D eigenvalue weighted by atomic mass is 79.9. The molecule has 0 amide bonds. The average Bonchev–Trinajstić information content (AvgIpc) is 2.75. The first kappa shape index (κ1) is 29.5. The van der Waals surface area contributed by atoms with Gasteiger partial charge in [-0.25, -0.2) is 17.8 Å². The van der Waals surface area contributed by atoms with Crippen LogP contribution in [0.4, 0.5) is 4.39 Å². The lowest BCUT2D eigenvalue weighted by molar-refractivity contribution is 0.567. The molecule has 0 aromatic heterocycles. The number of hydrogen-bond donors (Lipinski definition) is 2. The van der Waals surface area contributed by atoms with Crippen LogP contribution in [0.1, 0.15) is 55.4 Å². The molecule has 6 nitrogen and oxygen atoms in total. The van der Waals surface area contributed by atoms with Gasteiger partial charge < -0.3 is 11.1 Å². The number of nitrogens with zero attached hydrogens (tertiary/aromatic N) is 2. The molecule has 0 bridgehead atoms. The maximum Gasteiger partial charge on any atom is 0.211 e. The van der Waals surface area contributed by atoms with E-state index in [2.05, 4.69) is 31.2 Å². The molecule has 0 fully saturated rings. The minimum atomic E-state index is -4.15. The van der Waals surface area contributed by atoms with Crippen molar-refractivity contribution in [2.24, 2.45) is 15.7 Å². The third-order valence-electron chi connectivity index (χ3n) is 3.16. The summed E-state index contributed by atoms with van der Waals surface area (Å²) in [5.74, 6) is -0.508. The number of nitrogens with one attached hydrogen (secondary N) is 1. The van der Waals surface area contributed by atoms with Crippen molar-refractivity contribution in [2.45, 2.75) is 66.3 Å². The fourth-order valence-electron chi connectivity index (χ4n) is 2.20. The zero-order valence-electron chi connectivity index (χ0n) is 18.5. The number of nitrogens with two attached hydrogens (primary N) is 1. The normalized spacial score (nSPS) is 18.6. The van der Waals surface area contributed by atoms with Crippen LogP contribution in [-0.4, -0.2) is 33.1 Å². The Morgan fingerprint density at radius 3 is 2.24 bits per heavy atom. The Labute approximate surface area is 183 Å². The van der Waals surface area contributed by atoms with Crippen molar-refractivity contribution >= 4 is 37.8 Å². The molecule has 166 valence electrons. The van der Waals surface area contributed by atoms with Gasteiger partial charge in [0.25, 0.3) is 0 Å². The predicted molar refractivity (Wildman–Crippen MR) is 126 cm³/mol. The molecular weight excluding hydrogens is 459 g/mol. The van der Waals surface area contributed by atoms with Crippen molar-refractivity contribution in [3.8, 4) is 0 Å². The summed E-state index contributed by atoms with van der Waals surface area (Å²) in [5, 5.41) is 2.76. The van der Waals surface area contributed by atoms with E-state index >= 15 is 0 Å². The first-order chi connectivity index (χ1) is 13.7. The standard InChI is InChI=1S/C14H16BrFN4O2S.3C2H6/c1-8-13(14(17)19-6-5-18-9(2)20-8)23(21,22)12-4-3-10(15)7-11(12)16;3*1-2/h3-5,7-8,19H,6,17H2,1-2H3;3*1-2H3/b14-13+,18-5?,20-9?;;;. The van der Waals surface area contributed by atoms with E-state index < -0.39 is 26.6 Å². The minimum absolute atomic E-state index is 0.0651. The van der Waals surface area contributed by atoms with Crippen LogP contribution in [0, 0.1) is 5.82 Å². The quantitative estimate of drug-likeness (QED) is 0.603. The van der Waals surface area contributed by atoms with Gasteiger partial charge in [0.05, 0.1) is 12.6 Å². The van der Waals surface area contributed by atoms with Crippen molar-refractivity contribution in [3.05, 3.63) is 39.2 Å². The fraction of sp³-hybridized carbons (Fsp3) is 0.500. The Bertz CT molecular complexity index is 822. The average molecular weight is 493 g/mol. The number of amidine groups is 1. The van der Waals surface area contributed by atoms with E-state index in [1.807, 2.05) is 41.5 Å². The van der Waals surface area contributed by atoms with E-state index in [0.29, 0.717) is 10.3 Å². The molecule has 9 heteroatoms. The van der Waals surface area contributed by atoms with Crippen molar-refractivity contribution in [3.63, 3.8) is 0 Å². The molecule has 1 aromatic rings. The van der Waals surface area contributed by atoms with E-state index in [-0.39, 0.29) is 17.3 Å². The van der Waals surface area contributed by atoms with Crippen molar-refractivity contribution in [1.29, 1.82) is 0 Å². The smallest absolute Gasteiger partial charge is 0.211 e. The molecule has 3 N–H and O–H groups in total. The van der Waals surface area contributed by atoms with Gasteiger partial charge in [-0.3, -0.25) is 4.99 Å². The number of sulfone groups is 1. The Balaban J connectivity index is 0. The SMILES string of the molecule is CC.CC.CC.CC1=NC(C)/C(S(=O)(=O)c2ccc(Br)cc2F)=C(/N)NCC=N1. The van der Waals surface area contributed by atoms with Crippen LogP contribution in [0.2, 0.25) is 0 Å². The number of benzene rings is 1. The molecule has 29 heavy (non-hydrogen) atoms. The third-order valence-corrected chi connectivity index (χ3v) is 5.70. The van der Waals surface area contributed by atoms with Gasteiger partial charge >= 0.3 is 0 Å². The topological polar surface area (TPSA) is 96.9 Å². The molecule has 1 unspecified atom stereocenters. The summed E-state index contributed by atoms with van der Waals surface area (Å²) in [7, 11) is -4.15. The second-order valence-corrected chi connectivity index (χ2v) is 7.70. The highest BCUT2D eigenvalue weighted by molar-refractivity contribution is 9.10. The Morgan fingerprint density at radius 2 is 1.72 bits per heavy atom. The van der Waals surface area contributed by atoms with Gasteiger partial charge in [0.2, 0.25) is 9.84 Å². The lowest BCUT2D eigenvalue weighted by Crippen LogP contribution is -2.29. The largest absolute Gasteiger partial charge is 0.385 e. The number of aliphatic imine (C=N–C) groups is 2. The van der Waals surface area contributed by atoms with E-state index in [4.69, 9.17) is 5.73 Å². The van der Waals surface area contributed by atoms with E-state index in [0.717, 1.165) is 6.07 Å². The fourth-order valence-corrected chi connectivity index (χ4v) is 4.20. The Morgan fingerprint density at radius 1 is 1.17 bits per heavy atom. The van der Waals surface area contributed by atoms with Crippen molar-refractivity contribution < 1.29 is 12.8 Å². The monoisotopic (exact) mass is 492 g/mol. The molecule has 0 spiro atoms. The van der Waals surface area contributed by atoms with Crippen molar-refractivity contribution in [2.75, 3.05) is 6.54 Å². The van der Waals surface area contributed by atoms with Gasteiger partial charge in [-0.05, 0) is 32.0 Å². The Hall–Kier alpha value is -1.74. The summed E-state index contributed by atoms with van der Waals surface area (Å²) < 4.78 is 40.3. The highest BCUT2D eigenvalue weighted by Crippen LogP contribution is 2.28. The van der Waals surface area contributed by atoms with E-state index in [1.54, 1.807) is 13.8 Å². The summed E-state index contributed by atoms with van der Waals surface area (Å²) in [6, 6.07) is 2.94. The van der Waals surface area contributed by atoms with Crippen LogP contribution < -0.4 is 11.1 Å². The van der Waals surface area contributed by atoms with Gasteiger partial charge in [0.15, 0.2) is 0 Å². The van der Waals surface area contributed by atoms with Gasteiger partial charge in [-0.2, -0.15) is 0 Å². The number of hydrogen-bond acceptors (Lipinski definition) is 6. The summed E-state index contributed by atoms with van der Waals surface area (Å²) in [5.41, 5.74) is 5.88. The van der Waals surface area contributed by atoms with Crippen LogP contribution in [0.25, 0.3) is 0 Å². The van der Waals surface area contributed by atoms with Gasteiger partial charge in [-0.15, -0.1) is 0 Å². The number of halogens is 2. The minimum Gasteiger partial charge on any atom is -0.385 e. The molecule has 0 aliphatic carbocycles. The van der Waals surface area contributed by atoms with Gasteiger partial charge in [0, 0.05) is 10.7 Å². The molecule has 0 saturated carbocycles. The molecule has 0 radical (unpaired) electrons. The maximum absolute atomic E-state index is 14.1. The van der Waals surface area contributed by atoms with Crippen LogP contribution in [0.3, 0.4) is 0 Å². The zero-order chi connectivity index (χ0) is 23.2. The molecule has 1 atom stereocenters. The van der Waals surface area contributed by atoms with Crippen LogP contribution >= 0.6 is 15.9 Å². The van der Waals surface area contributed by atoms with Crippen LogP contribution in [0.15, 0.2) is 48.3 Å². The lowest BCUT2D eigenvalue weighted by atomic mass is 10.3. The van der Waals surface area contributed by atoms with Crippen LogP contribution in [0.5, 0.6) is 0 Å². The van der Waals surface area contributed by atoms with Gasteiger partial charge in [0.1, 0.15) is 27.3 Å². The summed E-state index contributed by atoms with van der Waals surface area (Å²) >= 11 is 3.10. The second kappa shape index (κ2) is 15.1. The second-order valence-electron chi connectivity index (χ2n) is 4.90. The van der Waals surface area contributed by atoms with Crippen molar-refractivity contribution in [1.82, 2.24) is 5.32 Å². The summed E-state index contributed by atoms with van der Waals surface area (Å²) in [6.45, 7) is 15.5. The van der Waals surface area contributed by atoms with E-state index in [1.165, 1.54) is 18.3 Å². The molecule has 2 rings (SSSR count). The Kier molecular flexibility index (Phi) is 15.4. The molecule has 1 aromatic carbocycles. The predicted octanol–water partition coefficient (Wildman–Crippen LogP) is 5.05. The summed E-state index contributed by atoms with van der Waals surface area (Å²) in [6.07, 6.45) is 1.54. The highest BCUT2D eigenvalue weighted by Gasteiger charge is 2.31. The van der Waals surface area contributed by atoms with Crippen LogP contribution in [-0.2, 0) is 9.84 Å². The first-order valence-electron chi connectivity index (χ1n) is 9.74. The zero-order valence-corrected chi connectivity index (χ0v) is 20.9. The summed E-state index contributed by atoms with van der Waals surface area (Å²) in [4.78, 5) is 7.63.